The molecule has 2 aromatic heterocycles. The number of phenols is 2. The molecule has 4 heterocycles. The molecule has 216 valence electrons. The van der Waals surface area contributed by atoms with Crippen molar-refractivity contribution in [3.8, 4) is 34.4 Å². The van der Waals surface area contributed by atoms with Gasteiger partial charge in [-0.3, -0.25) is 14.5 Å². The van der Waals surface area contributed by atoms with Gasteiger partial charge in [-0.05, 0) is 23.8 Å². The van der Waals surface area contributed by atoms with Crippen molar-refractivity contribution >= 4 is 74.8 Å². The summed E-state index contributed by atoms with van der Waals surface area (Å²) in [5.74, 6) is -0.414. The van der Waals surface area contributed by atoms with Crippen molar-refractivity contribution in [3.05, 3.63) is 40.5 Å². The number of rotatable bonds is 10. The number of aromatic nitrogens is 3. The molecule has 2 aliphatic rings. The van der Waals surface area contributed by atoms with Crippen molar-refractivity contribution in [2.45, 2.75) is 15.8 Å². The molecule has 1 fully saturated rings. The first-order valence-corrected chi connectivity index (χ1v) is 15.4. The van der Waals surface area contributed by atoms with Gasteiger partial charge in [-0.1, -0.05) is 34.2 Å². The van der Waals surface area contributed by atoms with E-state index in [-0.39, 0.29) is 46.1 Å². The summed E-state index contributed by atoms with van der Waals surface area (Å²) in [7, 11) is 0. The predicted molar refractivity (Wildman–Crippen MR) is 157 cm³/mol. The molecule has 6 N–H and O–H groups in total. The lowest BCUT2D eigenvalue weighted by molar-refractivity contribution is -0.150. The minimum absolute atomic E-state index is 0.138. The van der Waals surface area contributed by atoms with E-state index in [1.807, 2.05) is 0 Å². The van der Waals surface area contributed by atoms with E-state index in [4.69, 9.17) is 17.0 Å². The van der Waals surface area contributed by atoms with Gasteiger partial charge in [0.05, 0.1) is 0 Å². The molecule has 0 unspecified atom stereocenters. The number of aliphatic carboxylic acids is 1. The van der Waals surface area contributed by atoms with Crippen LogP contribution in [0, 0.1) is 12.3 Å². The lowest BCUT2D eigenvalue weighted by Crippen LogP contribution is -2.71. The molecule has 5 rings (SSSR count). The number of carbonyl (C=O) groups is 3. The number of terminal acetylenes is 1. The number of anilines is 1. The number of nitrogens with one attached hydrogen (secondary N) is 1. The maximum atomic E-state index is 13.1. The third kappa shape index (κ3) is 5.85. The Morgan fingerprint density at radius 3 is 2.81 bits per heavy atom. The fourth-order valence-electron chi connectivity index (χ4n) is 3.93. The molecule has 14 nitrogen and oxygen atoms in total. The summed E-state index contributed by atoms with van der Waals surface area (Å²) in [4.78, 5) is 48.5. The number of phenolic OH excluding ortho intramolecular Hbond substituents is 2. The van der Waals surface area contributed by atoms with Gasteiger partial charge < -0.3 is 31.2 Å². The summed E-state index contributed by atoms with van der Waals surface area (Å²) in [5, 5.41) is 45.4. The van der Waals surface area contributed by atoms with E-state index >= 15 is 0 Å². The zero-order chi connectivity index (χ0) is 30.0. The zero-order valence-electron chi connectivity index (χ0n) is 21.1. The number of fused-ring (bicyclic) bond motifs is 1. The van der Waals surface area contributed by atoms with Gasteiger partial charge in [-0.25, -0.2) is 9.78 Å². The number of amides is 2. The highest BCUT2D eigenvalue weighted by molar-refractivity contribution is 8.01. The number of thioether (sulfide) groups is 2. The maximum absolute atomic E-state index is 13.1. The van der Waals surface area contributed by atoms with Crippen LogP contribution in [0.5, 0.6) is 11.5 Å². The number of nitrogens with zero attached hydrogens (tertiary/aromatic N) is 5. The van der Waals surface area contributed by atoms with Crippen molar-refractivity contribution in [1.82, 2.24) is 25.4 Å². The maximum Gasteiger partial charge on any atom is 0.352 e. The van der Waals surface area contributed by atoms with E-state index in [9.17, 15) is 29.7 Å². The fraction of sp³-hybridized carbons (Fsp3) is 0.208. The summed E-state index contributed by atoms with van der Waals surface area (Å²) in [6.07, 6.45) is 5.17. The number of nitrogens with two attached hydrogens (primary N) is 1. The van der Waals surface area contributed by atoms with Crippen LogP contribution in [0.2, 0.25) is 0 Å². The Morgan fingerprint density at radius 1 is 1.31 bits per heavy atom. The molecule has 0 saturated carbocycles. The molecule has 0 spiro atoms. The average molecular weight is 646 g/mol. The summed E-state index contributed by atoms with van der Waals surface area (Å²) >= 11 is 4.88. The quantitative estimate of drug-likeness (QED) is 0.0403. The molecular formula is C24H19N7O7S4. The number of carboxylic acid groups (broad SMARTS) is 1. The normalized spacial score (nSPS) is 18.2. The van der Waals surface area contributed by atoms with Crippen molar-refractivity contribution in [2.24, 2.45) is 5.16 Å². The minimum atomic E-state index is -1.27. The highest BCUT2D eigenvalue weighted by atomic mass is 32.2. The summed E-state index contributed by atoms with van der Waals surface area (Å²) < 4.78 is 0.545. The van der Waals surface area contributed by atoms with Crippen LogP contribution in [0.1, 0.15) is 5.69 Å². The topological polar surface area (TPSA) is 213 Å². The van der Waals surface area contributed by atoms with Crippen LogP contribution in [0.4, 0.5) is 5.13 Å². The Morgan fingerprint density at radius 2 is 2.12 bits per heavy atom. The van der Waals surface area contributed by atoms with Gasteiger partial charge in [0.15, 0.2) is 33.3 Å². The molecule has 3 aromatic rings. The summed E-state index contributed by atoms with van der Waals surface area (Å²) in [6, 6.07) is 3.29. The Labute approximate surface area is 253 Å². The monoisotopic (exact) mass is 645 g/mol. The van der Waals surface area contributed by atoms with Gasteiger partial charge in [0.2, 0.25) is 0 Å². The van der Waals surface area contributed by atoms with Crippen LogP contribution in [-0.2, 0) is 19.2 Å². The van der Waals surface area contributed by atoms with Gasteiger partial charge in [0.1, 0.15) is 27.8 Å². The van der Waals surface area contributed by atoms with Gasteiger partial charge in [-0.2, -0.15) is 0 Å². The molecule has 1 aromatic carbocycles. The molecule has 2 amide bonds. The second-order valence-corrected chi connectivity index (χ2v) is 12.7. The van der Waals surface area contributed by atoms with Crippen molar-refractivity contribution in [1.29, 1.82) is 0 Å². The molecule has 2 atom stereocenters. The largest absolute Gasteiger partial charge is 0.504 e. The molecule has 0 aliphatic carbocycles. The van der Waals surface area contributed by atoms with Gasteiger partial charge >= 0.3 is 5.97 Å². The number of thiazole rings is 1. The fourth-order valence-corrected chi connectivity index (χ4v) is 7.81. The second kappa shape index (κ2) is 12.3. The van der Waals surface area contributed by atoms with Gasteiger partial charge in [0, 0.05) is 22.4 Å². The standard InChI is InChI=1S/C24H19N7O7S4/c1-2-5-38-30-15(12-9-40-23(25)26-12)18(34)27-16-20(35)31-17(22(36)37)11(7-39-21(16)31)8-41-24-29-28-19(42-24)10-3-4-13(32)14(33)6-10/h1,3-4,6,9,16,21,32-33H,5,7-8H2,(H2,25,26)(H,27,34)(H,36,37)/t16-,21+/m1/s1. The van der Waals surface area contributed by atoms with Gasteiger partial charge in [0.25, 0.3) is 11.8 Å². The van der Waals surface area contributed by atoms with Crippen LogP contribution >= 0.6 is 46.2 Å². The number of hydrogen-bond donors (Lipinski definition) is 5. The van der Waals surface area contributed by atoms with Crippen LogP contribution in [0.25, 0.3) is 10.6 Å². The Kier molecular flexibility index (Phi) is 8.54. The van der Waals surface area contributed by atoms with Gasteiger partial charge in [-0.15, -0.1) is 39.7 Å². The van der Waals surface area contributed by atoms with Crippen molar-refractivity contribution < 1.29 is 34.5 Å². The molecule has 0 radical (unpaired) electrons. The second-order valence-electron chi connectivity index (χ2n) is 8.47. The number of β-lactam (4-membered cyclic amide) rings is 1. The molecule has 2 aliphatic heterocycles. The molecule has 18 heteroatoms. The van der Waals surface area contributed by atoms with E-state index in [0.29, 0.717) is 26.2 Å². The molecule has 42 heavy (non-hydrogen) atoms. The van der Waals surface area contributed by atoms with E-state index in [1.165, 1.54) is 52.4 Å². The van der Waals surface area contributed by atoms with Crippen LogP contribution < -0.4 is 11.1 Å². The number of carboxylic acids is 1. The minimum Gasteiger partial charge on any atom is -0.504 e. The Bertz CT molecular complexity index is 1680. The Balaban J connectivity index is 1.28. The first-order valence-electron chi connectivity index (χ1n) is 11.7. The zero-order valence-corrected chi connectivity index (χ0v) is 24.3. The third-order valence-electron chi connectivity index (χ3n) is 5.82. The number of hydrogen-bond acceptors (Lipinski definition) is 15. The SMILES string of the molecule is C#CCON=C(C(=O)N[C@@H]1C(=O)N2C(C(=O)O)=C(CSc3nnc(-c4ccc(O)c(O)c4)s3)CS[C@@H]12)c1csc(N)n1. The van der Waals surface area contributed by atoms with Crippen molar-refractivity contribution in [3.63, 3.8) is 0 Å². The molecule has 1 saturated heterocycles. The van der Waals surface area contributed by atoms with E-state index < -0.39 is 29.2 Å². The molecule has 0 bridgehead atoms. The van der Waals surface area contributed by atoms with E-state index in [1.54, 1.807) is 6.07 Å². The van der Waals surface area contributed by atoms with Crippen LogP contribution in [0.3, 0.4) is 0 Å². The summed E-state index contributed by atoms with van der Waals surface area (Å²) in [6.45, 7) is -0.197. The number of aromatic hydroxyl groups is 2. The molecular weight excluding hydrogens is 627 g/mol. The number of nitrogen functional groups attached to an aromatic ring is 1. The predicted octanol–water partition coefficient (Wildman–Crippen LogP) is 1.54. The number of carbonyl (C=O) groups excluding carboxylic acids is 2. The first-order chi connectivity index (χ1) is 20.2. The van der Waals surface area contributed by atoms with Crippen LogP contribution in [-0.4, -0.2) is 88.4 Å². The van der Waals surface area contributed by atoms with Crippen molar-refractivity contribution in [2.75, 3.05) is 23.8 Å². The van der Waals surface area contributed by atoms with E-state index in [0.717, 1.165) is 16.2 Å². The number of benzene rings is 1. The lowest BCUT2D eigenvalue weighted by atomic mass is 10.0. The third-order valence-corrected chi connectivity index (χ3v) is 10.0. The summed E-state index contributed by atoms with van der Waals surface area (Å²) in [5.41, 5.74) is 6.51. The smallest absolute Gasteiger partial charge is 0.352 e. The average Bonchev–Trinajstić information content (AvgIpc) is 3.62. The number of oxime groups is 1. The first kappa shape index (κ1) is 29.2. The van der Waals surface area contributed by atoms with Crippen LogP contribution in [0.15, 0.2) is 44.3 Å². The highest BCUT2D eigenvalue weighted by Crippen LogP contribution is 2.42. The van der Waals surface area contributed by atoms with E-state index in [2.05, 4.69) is 31.6 Å². The lowest BCUT2D eigenvalue weighted by Gasteiger charge is -2.49. The highest BCUT2D eigenvalue weighted by Gasteiger charge is 2.54. The Hall–Kier alpha value is -4.31.